The van der Waals surface area contributed by atoms with E-state index >= 15 is 0 Å². The fourth-order valence-corrected chi connectivity index (χ4v) is 2.14. The van der Waals surface area contributed by atoms with Gasteiger partial charge in [-0.15, -0.1) is 10.2 Å². The first-order chi connectivity index (χ1) is 8.90. The van der Waals surface area contributed by atoms with Gasteiger partial charge in [0.2, 0.25) is 0 Å². The van der Waals surface area contributed by atoms with Crippen molar-refractivity contribution in [2.75, 3.05) is 0 Å². The van der Waals surface area contributed by atoms with E-state index in [2.05, 4.69) is 31.7 Å². The molecule has 0 atom stereocenters. The summed E-state index contributed by atoms with van der Waals surface area (Å²) >= 11 is 0. The maximum atomic E-state index is 4.35. The van der Waals surface area contributed by atoms with Crippen LogP contribution in [-0.4, -0.2) is 26.0 Å². The number of nitrogens with zero attached hydrogens (tertiary/aromatic N) is 5. The van der Waals surface area contributed by atoms with Gasteiger partial charge in [-0.25, -0.2) is 0 Å². The average molecular weight is 241 g/mol. The van der Waals surface area contributed by atoms with Gasteiger partial charge in [0.25, 0.3) is 0 Å². The highest BCUT2D eigenvalue weighted by Gasteiger charge is 2.17. The predicted octanol–water partition coefficient (Wildman–Crippen LogP) is 1.94. The van der Waals surface area contributed by atoms with Crippen molar-refractivity contribution in [2.24, 2.45) is 4.99 Å². The summed E-state index contributed by atoms with van der Waals surface area (Å²) in [6.45, 7) is 2.74. The van der Waals surface area contributed by atoms with E-state index in [1.807, 2.05) is 18.3 Å². The monoisotopic (exact) mass is 241 g/mol. The molecule has 2 aromatic rings. The largest absolute Gasteiger partial charge is 0.283 e. The number of aliphatic imine (C=N–C) groups is 1. The third-order valence-corrected chi connectivity index (χ3v) is 3.05. The van der Waals surface area contributed by atoms with Crippen LogP contribution in [0.5, 0.6) is 0 Å². The second-order valence-electron chi connectivity index (χ2n) is 4.35. The van der Waals surface area contributed by atoms with Crippen LogP contribution in [-0.2, 0) is 13.0 Å². The molecule has 0 bridgehead atoms. The first-order valence-corrected chi connectivity index (χ1v) is 6.28. The number of hydrogen-bond donors (Lipinski definition) is 0. The standard InChI is InChI=1S/C13H15N5/c1-2-3-6-12-16-17-13-9-14-8-10-11(18(12)13)5-4-7-15-10/h4-5,7-8H,2-3,6,9H2,1H3. The lowest BCUT2D eigenvalue weighted by Gasteiger charge is -2.09. The summed E-state index contributed by atoms with van der Waals surface area (Å²) in [6.07, 6.45) is 6.81. The summed E-state index contributed by atoms with van der Waals surface area (Å²) in [5, 5.41) is 8.53. The van der Waals surface area contributed by atoms with Crippen molar-refractivity contribution in [1.29, 1.82) is 0 Å². The molecule has 0 radical (unpaired) electrons. The van der Waals surface area contributed by atoms with E-state index in [0.717, 1.165) is 42.3 Å². The molecular formula is C13H15N5. The van der Waals surface area contributed by atoms with E-state index in [1.54, 1.807) is 6.20 Å². The number of aromatic nitrogens is 4. The van der Waals surface area contributed by atoms with Crippen LogP contribution in [0.15, 0.2) is 23.3 Å². The molecule has 0 fully saturated rings. The van der Waals surface area contributed by atoms with Crippen molar-refractivity contribution in [3.63, 3.8) is 0 Å². The second-order valence-corrected chi connectivity index (χ2v) is 4.35. The number of hydrogen-bond acceptors (Lipinski definition) is 4. The minimum atomic E-state index is 0.565. The van der Waals surface area contributed by atoms with Gasteiger partial charge in [0.05, 0.1) is 12.2 Å². The minimum Gasteiger partial charge on any atom is -0.283 e. The molecule has 0 aliphatic carbocycles. The van der Waals surface area contributed by atoms with Crippen molar-refractivity contribution < 1.29 is 0 Å². The molecule has 1 aliphatic heterocycles. The fraction of sp³-hybridized carbons (Fsp3) is 0.385. The molecule has 0 saturated heterocycles. The topological polar surface area (TPSA) is 56.0 Å². The van der Waals surface area contributed by atoms with Gasteiger partial charge in [-0.1, -0.05) is 13.3 Å². The summed E-state index contributed by atoms with van der Waals surface area (Å²) in [5.74, 6) is 1.90. The molecule has 3 heterocycles. The minimum absolute atomic E-state index is 0.565. The Bertz CT molecular complexity index is 585. The van der Waals surface area contributed by atoms with Gasteiger partial charge in [-0.3, -0.25) is 14.5 Å². The molecule has 92 valence electrons. The SMILES string of the molecule is CCCCc1nnc2n1-c1cccnc1C=NC2. The van der Waals surface area contributed by atoms with Gasteiger partial charge in [-0.2, -0.15) is 0 Å². The van der Waals surface area contributed by atoms with Crippen molar-refractivity contribution in [2.45, 2.75) is 32.7 Å². The van der Waals surface area contributed by atoms with Crippen LogP contribution < -0.4 is 0 Å². The van der Waals surface area contributed by atoms with Gasteiger partial charge >= 0.3 is 0 Å². The molecule has 0 N–H and O–H groups in total. The Balaban J connectivity index is 2.12. The summed E-state index contributed by atoms with van der Waals surface area (Å²) in [5.41, 5.74) is 1.92. The Morgan fingerprint density at radius 1 is 1.33 bits per heavy atom. The number of pyridine rings is 1. The van der Waals surface area contributed by atoms with Crippen molar-refractivity contribution >= 4 is 6.21 Å². The van der Waals surface area contributed by atoms with Crippen LogP contribution >= 0.6 is 0 Å². The molecule has 0 saturated carbocycles. The molecule has 3 rings (SSSR count). The van der Waals surface area contributed by atoms with E-state index in [0.29, 0.717) is 6.54 Å². The first-order valence-electron chi connectivity index (χ1n) is 6.28. The van der Waals surface area contributed by atoms with Crippen LogP contribution in [0.25, 0.3) is 5.69 Å². The Labute approximate surface area is 106 Å². The third kappa shape index (κ3) is 1.81. The average Bonchev–Trinajstić information content (AvgIpc) is 2.70. The number of aryl methyl sites for hydroxylation is 1. The number of unbranched alkanes of at least 4 members (excludes halogenated alkanes) is 1. The highest BCUT2D eigenvalue weighted by atomic mass is 15.3. The van der Waals surface area contributed by atoms with E-state index in [1.165, 1.54) is 0 Å². The summed E-state index contributed by atoms with van der Waals surface area (Å²) in [7, 11) is 0. The van der Waals surface area contributed by atoms with Crippen LogP contribution in [0.1, 0.15) is 37.1 Å². The summed E-state index contributed by atoms with van der Waals surface area (Å²) in [6, 6.07) is 3.98. The Kier molecular flexibility index (Phi) is 2.88. The molecular weight excluding hydrogens is 226 g/mol. The zero-order valence-corrected chi connectivity index (χ0v) is 10.4. The van der Waals surface area contributed by atoms with Crippen LogP contribution in [0.4, 0.5) is 0 Å². The quantitative estimate of drug-likeness (QED) is 0.825. The normalized spacial score (nSPS) is 12.9. The lowest BCUT2D eigenvalue weighted by molar-refractivity contribution is 0.729. The second kappa shape index (κ2) is 4.68. The molecule has 5 nitrogen and oxygen atoms in total. The predicted molar refractivity (Wildman–Crippen MR) is 69.1 cm³/mol. The van der Waals surface area contributed by atoms with Crippen molar-refractivity contribution in [1.82, 2.24) is 19.7 Å². The van der Waals surface area contributed by atoms with E-state index in [9.17, 15) is 0 Å². The summed E-state index contributed by atoms with van der Waals surface area (Å²) < 4.78 is 2.10. The van der Waals surface area contributed by atoms with E-state index in [4.69, 9.17) is 0 Å². The molecule has 5 heteroatoms. The highest BCUT2D eigenvalue weighted by Crippen LogP contribution is 2.19. The maximum absolute atomic E-state index is 4.35. The lowest BCUT2D eigenvalue weighted by atomic mass is 10.2. The first kappa shape index (κ1) is 11.1. The van der Waals surface area contributed by atoms with Gasteiger partial charge < -0.3 is 0 Å². The number of rotatable bonds is 3. The van der Waals surface area contributed by atoms with Crippen LogP contribution in [0.2, 0.25) is 0 Å². The Hall–Kier alpha value is -2.04. The zero-order valence-electron chi connectivity index (χ0n) is 10.4. The molecule has 2 aromatic heterocycles. The van der Waals surface area contributed by atoms with E-state index in [-0.39, 0.29) is 0 Å². The van der Waals surface area contributed by atoms with E-state index < -0.39 is 0 Å². The van der Waals surface area contributed by atoms with Crippen molar-refractivity contribution in [3.8, 4) is 5.69 Å². The molecule has 1 aliphatic rings. The van der Waals surface area contributed by atoms with Crippen LogP contribution in [0, 0.1) is 0 Å². The maximum Gasteiger partial charge on any atom is 0.159 e. The van der Waals surface area contributed by atoms with Gasteiger partial charge in [-0.05, 0) is 18.6 Å². The van der Waals surface area contributed by atoms with Crippen LogP contribution in [0.3, 0.4) is 0 Å². The Morgan fingerprint density at radius 3 is 3.17 bits per heavy atom. The molecule has 18 heavy (non-hydrogen) atoms. The van der Waals surface area contributed by atoms with Gasteiger partial charge in [0, 0.05) is 18.8 Å². The zero-order chi connectivity index (χ0) is 12.4. The fourth-order valence-electron chi connectivity index (χ4n) is 2.14. The molecule has 0 unspecified atom stereocenters. The number of fused-ring (bicyclic) bond motifs is 3. The molecule has 0 spiro atoms. The Morgan fingerprint density at radius 2 is 2.28 bits per heavy atom. The molecule has 0 aromatic carbocycles. The van der Waals surface area contributed by atoms with Gasteiger partial charge in [0.1, 0.15) is 11.5 Å². The third-order valence-electron chi connectivity index (χ3n) is 3.05. The lowest BCUT2D eigenvalue weighted by Crippen LogP contribution is -2.07. The summed E-state index contributed by atoms with van der Waals surface area (Å²) in [4.78, 5) is 8.69. The smallest absolute Gasteiger partial charge is 0.159 e. The molecule has 0 amide bonds. The van der Waals surface area contributed by atoms with Crippen molar-refractivity contribution in [3.05, 3.63) is 35.7 Å². The highest BCUT2D eigenvalue weighted by molar-refractivity contribution is 5.82. The van der Waals surface area contributed by atoms with Gasteiger partial charge in [0.15, 0.2) is 5.82 Å².